The summed E-state index contributed by atoms with van der Waals surface area (Å²) in [7, 11) is 0. The van der Waals surface area contributed by atoms with Crippen molar-refractivity contribution in [3.05, 3.63) is 41.6 Å². The van der Waals surface area contributed by atoms with E-state index in [0.717, 1.165) is 42.8 Å². The summed E-state index contributed by atoms with van der Waals surface area (Å²) < 4.78 is 5.67. The van der Waals surface area contributed by atoms with Crippen molar-refractivity contribution in [2.24, 2.45) is 5.92 Å². The minimum absolute atomic E-state index is 0.364. The molecule has 0 aliphatic carbocycles. The highest BCUT2D eigenvalue weighted by Crippen LogP contribution is 2.47. The average molecular weight is 243 g/mol. The summed E-state index contributed by atoms with van der Waals surface area (Å²) in [4.78, 5) is 2.33. The number of aliphatic hydroxyl groups is 1. The predicted molar refractivity (Wildman–Crippen MR) is 68.2 cm³/mol. The van der Waals surface area contributed by atoms with Crippen molar-refractivity contribution >= 4 is 0 Å². The van der Waals surface area contributed by atoms with Gasteiger partial charge in [0.2, 0.25) is 0 Å². The highest BCUT2D eigenvalue weighted by atomic mass is 16.5. The molecule has 4 aliphatic heterocycles. The summed E-state index contributed by atoms with van der Waals surface area (Å²) in [6.07, 6.45) is 4.50. The van der Waals surface area contributed by atoms with Gasteiger partial charge in [0, 0.05) is 24.9 Å². The molecule has 0 spiro atoms. The third-order valence-electron chi connectivity index (χ3n) is 4.54. The van der Waals surface area contributed by atoms with Crippen LogP contribution in [-0.2, 0) is 5.60 Å². The molecule has 0 aromatic heterocycles. The van der Waals surface area contributed by atoms with Crippen molar-refractivity contribution in [3.8, 4) is 5.75 Å². The fourth-order valence-corrected chi connectivity index (χ4v) is 3.52. The maximum atomic E-state index is 11.1. The maximum absolute atomic E-state index is 11.1. The van der Waals surface area contributed by atoms with Gasteiger partial charge in [-0.25, -0.2) is 0 Å². The second-order valence-corrected chi connectivity index (χ2v) is 5.54. The molecule has 1 unspecified atom stereocenters. The molecule has 18 heavy (non-hydrogen) atoms. The third-order valence-corrected chi connectivity index (χ3v) is 4.54. The number of rotatable bonds is 1. The molecular formula is C15H17NO2. The van der Waals surface area contributed by atoms with Crippen LogP contribution in [0.25, 0.3) is 0 Å². The van der Waals surface area contributed by atoms with Crippen LogP contribution < -0.4 is 4.74 Å². The van der Waals surface area contributed by atoms with E-state index in [4.69, 9.17) is 4.74 Å². The number of nitrogens with zero attached hydrogens (tertiary/aromatic N) is 1. The molecule has 0 radical (unpaired) electrons. The van der Waals surface area contributed by atoms with E-state index in [1.807, 2.05) is 24.3 Å². The van der Waals surface area contributed by atoms with E-state index in [9.17, 15) is 5.11 Å². The molecule has 2 bridgehead atoms. The van der Waals surface area contributed by atoms with Crippen LogP contribution in [0.5, 0.6) is 5.75 Å². The number of para-hydroxylation sites is 1. The minimum Gasteiger partial charge on any atom is -0.489 e. The van der Waals surface area contributed by atoms with Crippen molar-refractivity contribution < 1.29 is 9.84 Å². The molecule has 1 aromatic carbocycles. The lowest BCUT2D eigenvalue weighted by Crippen LogP contribution is -2.44. The highest BCUT2D eigenvalue weighted by Gasteiger charge is 2.46. The van der Waals surface area contributed by atoms with E-state index in [0.29, 0.717) is 12.5 Å². The average Bonchev–Trinajstić information content (AvgIpc) is 2.80. The van der Waals surface area contributed by atoms with Crippen LogP contribution in [0, 0.1) is 5.92 Å². The molecule has 94 valence electrons. The minimum atomic E-state index is -0.902. The largest absolute Gasteiger partial charge is 0.489 e. The molecule has 1 saturated heterocycles. The van der Waals surface area contributed by atoms with E-state index >= 15 is 0 Å². The van der Waals surface area contributed by atoms with Crippen LogP contribution in [0.3, 0.4) is 0 Å². The summed E-state index contributed by atoms with van der Waals surface area (Å²) >= 11 is 0. The number of hydrogen-bond donors (Lipinski definition) is 1. The Bertz CT molecular complexity index is 517. The first-order chi connectivity index (χ1) is 8.77. The lowest BCUT2D eigenvalue weighted by atomic mass is 9.75. The fraction of sp³-hybridized carbons (Fsp3) is 0.467. The van der Waals surface area contributed by atoms with Gasteiger partial charge in [-0.3, -0.25) is 0 Å². The lowest BCUT2D eigenvalue weighted by Gasteiger charge is -2.43. The normalized spacial score (nSPS) is 30.1. The number of fused-ring (bicyclic) bond motifs is 3. The number of piperidine rings is 1. The van der Waals surface area contributed by atoms with Crippen molar-refractivity contribution in [1.29, 1.82) is 0 Å². The van der Waals surface area contributed by atoms with E-state index in [1.54, 1.807) is 0 Å². The second kappa shape index (κ2) is 3.51. The number of benzene rings is 1. The van der Waals surface area contributed by atoms with Gasteiger partial charge in [-0.15, -0.1) is 0 Å². The molecule has 3 heteroatoms. The first-order valence-corrected chi connectivity index (χ1v) is 6.68. The Morgan fingerprint density at radius 2 is 2.00 bits per heavy atom. The summed E-state index contributed by atoms with van der Waals surface area (Å²) in [5.74, 6) is 1.35. The summed E-state index contributed by atoms with van der Waals surface area (Å²) in [6.45, 7) is 2.63. The van der Waals surface area contributed by atoms with Gasteiger partial charge >= 0.3 is 0 Å². The number of ether oxygens (including phenoxy) is 1. The Labute approximate surface area is 107 Å². The Morgan fingerprint density at radius 1 is 1.22 bits per heavy atom. The van der Waals surface area contributed by atoms with Gasteiger partial charge in [0.1, 0.15) is 18.0 Å². The van der Waals surface area contributed by atoms with Crippen LogP contribution in [0.2, 0.25) is 0 Å². The molecule has 1 fully saturated rings. The Hall–Kier alpha value is -1.48. The fourth-order valence-electron chi connectivity index (χ4n) is 3.52. The molecule has 1 atom stereocenters. The SMILES string of the molecule is OC1(C2=CN3CCC2CC3)COc2ccccc21. The Balaban J connectivity index is 1.82. The molecule has 5 rings (SSSR count). The van der Waals surface area contributed by atoms with Crippen molar-refractivity contribution in [3.63, 3.8) is 0 Å². The first kappa shape index (κ1) is 10.4. The molecule has 0 saturated carbocycles. The molecule has 1 aromatic rings. The van der Waals surface area contributed by atoms with Gasteiger partial charge in [0.05, 0.1) is 0 Å². The van der Waals surface area contributed by atoms with Crippen LogP contribution >= 0.6 is 0 Å². The standard InChI is InChI=1S/C15H17NO2/c17-15(10-18-14-4-2-1-3-12(14)15)13-9-16-7-5-11(13)6-8-16/h1-4,9,11,17H,5-8,10H2. The van der Waals surface area contributed by atoms with Gasteiger partial charge in [0.15, 0.2) is 0 Å². The van der Waals surface area contributed by atoms with Crippen LogP contribution in [0.1, 0.15) is 18.4 Å². The molecule has 4 heterocycles. The van der Waals surface area contributed by atoms with Gasteiger partial charge in [-0.1, -0.05) is 18.2 Å². The predicted octanol–water partition coefficient (Wildman–Crippen LogP) is 1.88. The molecule has 1 N–H and O–H groups in total. The molecular weight excluding hydrogens is 226 g/mol. The zero-order chi connectivity index (χ0) is 12.2. The van der Waals surface area contributed by atoms with Crippen molar-refractivity contribution in [1.82, 2.24) is 4.90 Å². The van der Waals surface area contributed by atoms with E-state index in [-0.39, 0.29) is 0 Å². The zero-order valence-corrected chi connectivity index (χ0v) is 10.3. The Morgan fingerprint density at radius 3 is 2.72 bits per heavy atom. The second-order valence-electron chi connectivity index (χ2n) is 5.54. The van der Waals surface area contributed by atoms with Crippen molar-refractivity contribution in [2.45, 2.75) is 18.4 Å². The quantitative estimate of drug-likeness (QED) is 0.817. The number of hydrogen-bond acceptors (Lipinski definition) is 3. The smallest absolute Gasteiger partial charge is 0.150 e. The van der Waals surface area contributed by atoms with Gasteiger partial charge < -0.3 is 14.7 Å². The van der Waals surface area contributed by atoms with Gasteiger partial charge in [0.25, 0.3) is 0 Å². The van der Waals surface area contributed by atoms with Gasteiger partial charge in [-0.2, -0.15) is 0 Å². The molecule has 3 nitrogen and oxygen atoms in total. The summed E-state index contributed by atoms with van der Waals surface area (Å²) in [5.41, 5.74) is 1.19. The summed E-state index contributed by atoms with van der Waals surface area (Å²) in [6, 6.07) is 7.85. The first-order valence-electron chi connectivity index (χ1n) is 6.68. The monoisotopic (exact) mass is 243 g/mol. The summed E-state index contributed by atoms with van der Waals surface area (Å²) in [5, 5.41) is 11.1. The lowest BCUT2D eigenvalue weighted by molar-refractivity contribution is 0.0275. The van der Waals surface area contributed by atoms with Crippen LogP contribution in [-0.4, -0.2) is 29.7 Å². The topological polar surface area (TPSA) is 32.7 Å². The third kappa shape index (κ3) is 1.28. The van der Waals surface area contributed by atoms with E-state index < -0.39 is 5.60 Å². The Kier molecular flexibility index (Phi) is 2.04. The highest BCUT2D eigenvalue weighted by molar-refractivity contribution is 5.48. The van der Waals surface area contributed by atoms with Crippen LogP contribution in [0.15, 0.2) is 36.0 Å². The van der Waals surface area contributed by atoms with Crippen LogP contribution in [0.4, 0.5) is 0 Å². The molecule has 0 amide bonds. The molecule has 4 aliphatic rings. The van der Waals surface area contributed by atoms with Crippen molar-refractivity contribution in [2.75, 3.05) is 19.7 Å². The van der Waals surface area contributed by atoms with E-state index in [1.165, 1.54) is 0 Å². The zero-order valence-electron chi connectivity index (χ0n) is 10.3. The van der Waals surface area contributed by atoms with E-state index in [2.05, 4.69) is 11.1 Å². The maximum Gasteiger partial charge on any atom is 0.150 e. The van der Waals surface area contributed by atoms with Gasteiger partial charge in [-0.05, 0) is 30.4 Å².